The van der Waals surface area contributed by atoms with Crippen LogP contribution in [0.15, 0.2) is 18.2 Å². The molecular formula is C25H35N2O4-. The Balaban J connectivity index is 1.57. The number of carbonyl (C=O) groups is 3. The van der Waals surface area contributed by atoms with Gasteiger partial charge in [0.1, 0.15) is 0 Å². The van der Waals surface area contributed by atoms with E-state index in [1.54, 1.807) is 0 Å². The molecule has 2 saturated carbocycles. The Morgan fingerprint density at radius 2 is 1.23 bits per heavy atom. The zero-order chi connectivity index (χ0) is 22.1. The number of aromatic carboxylic acids is 1. The maximum absolute atomic E-state index is 12.5. The van der Waals surface area contributed by atoms with Crippen molar-refractivity contribution in [3.05, 3.63) is 23.8 Å². The summed E-state index contributed by atoms with van der Waals surface area (Å²) in [4.78, 5) is 36.3. The minimum absolute atomic E-state index is 0.0252. The molecule has 1 aromatic rings. The Morgan fingerprint density at radius 1 is 0.742 bits per heavy atom. The number of benzene rings is 1. The van der Waals surface area contributed by atoms with Crippen molar-refractivity contribution >= 4 is 29.2 Å². The van der Waals surface area contributed by atoms with Crippen LogP contribution in [0.5, 0.6) is 0 Å². The predicted octanol–water partition coefficient (Wildman–Crippen LogP) is 4.65. The van der Waals surface area contributed by atoms with Gasteiger partial charge in [-0.1, -0.05) is 70.3 Å². The highest BCUT2D eigenvalue weighted by Gasteiger charge is 2.18. The zero-order valence-corrected chi connectivity index (χ0v) is 18.4. The van der Waals surface area contributed by atoms with Crippen LogP contribution in [-0.4, -0.2) is 17.8 Å². The number of carboxylic acids is 1. The maximum atomic E-state index is 12.5. The molecule has 2 N–H and O–H groups in total. The van der Waals surface area contributed by atoms with Crippen molar-refractivity contribution in [2.24, 2.45) is 11.8 Å². The number of hydrogen-bond donors (Lipinski definition) is 2. The third-order valence-electron chi connectivity index (χ3n) is 6.81. The van der Waals surface area contributed by atoms with Crippen molar-refractivity contribution in [2.75, 3.05) is 10.6 Å². The van der Waals surface area contributed by atoms with Crippen LogP contribution in [0.25, 0.3) is 0 Å². The summed E-state index contributed by atoms with van der Waals surface area (Å²) < 4.78 is 0. The Kier molecular flexibility index (Phi) is 8.92. The highest BCUT2D eigenvalue weighted by atomic mass is 16.4. The van der Waals surface area contributed by atoms with E-state index in [2.05, 4.69) is 10.6 Å². The van der Waals surface area contributed by atoms with Crippen molar-refractivity contribution in [3.8, 4) is 0 Å². The number of carboxylic acid groups (broad SMARTS) is 1. The van der Waals surface area contributed by atoms with Crippen LogP contribution in [0, 0.1) is 11.8 Å². The number of rotatable bonds is 9. The summed E-state index contributed by atoms with van der Waals surface area (Å²) in [5.74, 6) is -0.372. The average Bonchev–Trinajstić information content (AvgIpc) is 2.79. The summed E-state index contributed by atoms with van der Waals surface area (Å²) in [5.41, 5.74) is 0.730. The molecule has 2 fully saturated rings. The lowest BCUT2D eigenvalue weighted by Gasteiger charge is -2.22. The van der Waals surface area contributed by atoms with Crippen LogP contribution in [0.1, 0.15) is 100 Å². The van der Waals surface area contributed by atoms with Gasteiger partial charge in [0.2, 0.25) is 11.8 Å². The number of amides is 2. The number of carbonyl (C=O) groups excluding carboxylic acids is 3. The second kappa shape index (κ2) is 11.9. The van der Waals surface area contributed by atoms with Crippen molar-refractivity contribution in [1.29, 1.82) is 0 Å². The smallest absolute Gasteiger partial charge is 0.224 e. The Labute approximate surface area is 185 Å². The predicted molar refractivity (Wildman–Crippen MR) is 120 cm³/mol. The van der Waals surface area contributed by atoms with E-state index in [0.717, 1.165) is 12.8 Å². The lowest BCUT2D eigenvalue weighted by atomic mass is 9.86. The molecule has 2 amide bonds. The van der Waals surface area contributed by atoms with Gasteiger partial charge in [0.15, 0.2) is 0 Å². The van der Waals surface area contributed by atoms with Crippen molar-refractivity contribution in [2.45, 2.75) is 89.9 Å². The molecule has 2 aliphatic carbocycles. The van der Waals surface area contributed by atoms with Gasteiger partial charge < -0.3 is 20.5 Å². The fourth-order valence-electron chi connectivity index (χ4n) is 4.93. The molecule has 0 heterocycles. The molecule has 2 aliphatic rings. The molecule has 6 nitrogen and oxygen atoms in total. The summed E-state index contributed by atoms with van der Waals surface area (Å²) in [6.45, 7) is 0. The van der Waals surface area contributed by atoms with Crippen molar-refractivity contribution in [3.63, 3.8) is 0 Å². The van der Waals surface area contributed by atoms with E-state index >= 15 is 0 Å². The fourth-order valence-corrected chi connectivity index (χ4v) is 4.93. The Hall–Kier alpha value is -2.37. The molecule has 1 aromatic carbocycles. The monoisotopic (exact) mass is 427 g/mol. The van der Waals surface area contributed by atoms with Gasteiger partial charge in [-0.2, -0.15) is 0 Å². The molecule has 0 spiro atoms. The van der Waals surface area contributed by atoms with Gasteiger partial charge >= 0.3 is 0 Å². The Bertz CT molecular complexity index is 765. The van der Waals surface area contributed by atoms with Crippen LogP contribution in [0.2, 0.25) is 0 Å². The zero-order valence-electron chi connectivity index (χ0n) is 18.4. The van der Waals surface area contributed by atoms with E-state index in [1.807, 2.05) is 0 Å². The van der Waals surface area contributed by atoms with E-state index < -0.39 is 5.97 Å². The molecule has 0 unspecified atom stereocenters. The standard InChI is InChI=1S/C25H36N2O4/c28-23(15-11-18-7-3-1-4-8-18)26-21-14-13-20(25(30)31)17-22(21)27-24(29)16-12-19-9-5-2-6-10-19/h13-14,17-19H,1-12,15-16H2,(H,26,28)(H,27,29)(H,30,31)/p-1. The van der Waals surface area contributed by atoms with Gasteiger partial charge in [-0.15, -0.1) is 0 Å². The van der Waals surface area contributed by atoms with Gasteiger partial charge in [0.25, 0.3) is 0 Å². The van der Waals surface area contributed by atoms with Crippen LogP contribution in [0.4, 0.5) is 11.4 Å². The maximum Gasteiger partial charge on any atom is 0.224 e. The summed E-state index contributed by atoms with van der Waals surface area (Å²) in [6.07, 6.45) is 14.8. The van der Waals surface area contributed by atoms with Gasteiger partial charge in [0.05, 0.1) is 17.3 Å². The largest absolute Gasteiger partial charge is 0.545 e. The normalized spacial score (nSPS) is 17.8. The lowest BCUT2D eigenvalue weighted by molar-refractivity contribution is -0.255. The first-order valence-corrected chi connectivity index (χ1v) is 12.0. The van der Waals surface area contributed by atoms with E-state index in [9.17, 15) is 19.5 Å². The van der Waals surface area contributed by atoms with Crippen LogP contribution >= 0.6 is 0 Å². The highest BCUT2D eigenvalue weighted by Crippen LogP contribution is 2.30. The third kappa shape index (κ3) is 7.67. The number of nitrogens with one attached hydrogen (secondary N) is 2. The Morgan fingerprint density at radius 3 is 1.71 bits per heavy atom. The summed E-state index contributed by atoms with van der Waals surface area (Å²) in [6, 6.07) is 4.29. The summed E-state index contributed by atoms with van der Waals surface area (Å²) in [7, 11) is 0. The van der Waals surface area contributed by atoms with Gasteiger partial charge in [-0.25, -0.2) is 0 Å². The van der Waals surface area contributed by atoms with Crippen LogP contribution in [0.3, 0.4) is 0 Å². The second-order valence-corrected chi connectivity index (χ2v) is 9.23. The lowest BCUT2D eigenvalue weighted by Crippen LogP contribution is -2.23. The van der Waals surface area contributed by atoms with E-state index in [-0.39, 0.29) is 17.4 Å². The SMILES string of the molecule is O=C(CCC1CCCCC1)Nc1ccc(C(=O)[O-])cc1NC(=O)CCC1CCCCC1. The first kappa shape index (κ1) is 23.3. The first-order chi connectivity index (χ1) is 15.0. The molecular weight excluding hydrogens is 392 g/mol. The summed E-state index contributed by atoms with van der Waals surface area (Å²) in [5, 5.41) is 16.9. The molecule has 0 bridgehead atoms. The molecule has 170 valence electrons. The molecule has 31 heavy (non-hydrogen) atoms. The number of hydrogen-bond acceptors (Lipinski definition) is 4. The molecule has 0 radical (unpaired) electrons. The average molecular weight is 428 g/mol. The molecule has 0 atom stereocenters. The quantitative estimate of drug-likeness (QED) is 0.599. The molecule has 6 heteroatoms. The van der Waals surface area contributed by atoms with E-state index in [0.29, 0.717) is 36.1 Å². The van der Waals surface area contributed by atoms with E-state index in [1.165, 1.54) is 82.4 Å². The minimum atomic E-state index is -1.31. The van der Waals surface area contributed by atoms with Gasteiger partial charge in [-0.3, -0.25) is 9.59 Å². The molecule has 3 rings (SSSR count). The third-order valence-corrected chi connectivity index (χ3v) is 6.81. The van der Waals surface area contributed by atoms with Crippen molar-refractivity contribution in [1.82, 2.24) is 0 Å². The minimum Gasteiger partial charge on any atom is -0.545 e. The first-order valence-electron chi connectivity index (χ1n) is 12.0. The molecule has 0 aliphatic heterocycles. The van der Waals surface area contributed by atoms with Gasteiger partial charge in [0, 0.05) is 12.8 Å². The van der Waals surface area contributed by atoms with Crippen molar-refractivity contribution < 1.29 is 19.5 Å². The fraction of sp³-hybridized carbons (Fsp3) is 0.640. The summed E-state index contributed by atoms with van der Waals surface area (Å²) >= 11 is 0. The van der Waals surface area contributed by atoms with Gasteiger partial charge in [-0.05, 0) is 42.4 Å². The van der Waals surface area contributed by atoms with E-state index in [4.69, 9.17) is 0 Å². The molecule has 0 aromatic heterocycles. The second-order valence-electron chi connectivity index (χ2n) is 9.23. The number of anilines is 2. The topological polar surface area (TPSA) is 98.3 Å². The van der Waals surface area contributed by atoms with Crippen LogP contribution in [-0.2, 0) is 9.59 Å². The van der Waals surface area contributed by atoms with Crippen LogP contribution < -0.4 is 15.7 Å². The highest BCUT2D eigenvalue weighted by molar-refractivity contribution is 6.01. The molecule has 0 saturated heterocycles.